The highest BCUT2D eigenvalue weighted by molar-refractivity contribution is 7.70. The van der Waals surface area contributed by atoms with Gasteiger partial charge in [0.25, 0.3) is 5.69 Å². The summed E-state index contributed by atoms with van der Waals surface area (Å²) in [6.45, 7) is 1.17. The first kappa shape index (κ1) is 28.9. The number of aryl methyl sites for hydroxylation is 1. The summed E-state index contributed by atoms with van der Waals surface area (Å²) in [5, 5.41) is 19.1. The lowest BCUT2D eigenvalue weighted by Crippen LogP contribution is -2.21. The van der Waals surface area contributed by atoms with Crippen LogP contribution in [0.3, 0.4) is 0 Å². The first-order valence-electron chi connectivity index (χ1n) is 12.2. The van der Waals surface area contributed by atoms with Crippen LogP contribution in [0.1, 0.15) is 0 Å². The number of anilines is 3. The molecule has 2 heterocycles. The zero-order chi connectivity index (χ0) is 29.2. The molecule has 0 radical (unpaired) electrons. The van der Waals surface area contributed by atoms with Gasteiger partial charge in [-0.3, -0.25) is 10.1 Å². The highest BCUT2D eigenvalue weighted by atomic mass is 31.2. The number of likely N-dealkylation sites (N-methyl/N-ethyl adjacent to an activating group) is 1. The number of fused-ring (bicyclic) bond motifs is 1. The van der Waals surface area contributed by atoms with E-state index in [1.807, 2.05) is 55.0 Å². The minimum absolute atomic E-state index is 0.0273. The molecule has 0 amide bonds. The summed E-state index contributed by atoms with van der Waals surface area (Å²) in [4.78, 5) is 21.8. The largest absolute Gasteiger partial charge is 0.433 e. The van der Waals surface area contributed by atoms with Crippen molar-refractivity contribution in [3.05, 3.63) is 58.9 Å². The molecular weight excluding hydrogens is 543 g/mol. The monoisotopic (exact) mass is 573 g/mol. The molecule has 0 saturated carbocycles. The van der Waals surface area contributed by atoms with Gasteiger partial charge in [0.1, 0.15) is 12.8 Å². The molecule has 0 bridgehead atoms. The molecule has 14 heteroatoms. The van der Waals surface area contributed by atoms with Crippen molar-refractivity contribution in [2.75, 3.05) is 51.1 Å². The van der Waals surface area contributed by atoms with Crippen LogP contribution in [0.4, 0.5) is 31.8 Å². The van der Waals surface area contributed by atoms with Crippen LogP contribution in [0.2, 0.25) is 0 Å². The Kier molecular flexibility index (Phi) is 8.36. The zero-order valence-corrected chi connectivity index (χ0v) is 23.6. The summed E-state index contributed by atoms with van der Waals surface area (Å²) in [6.07, 6.45) is 3.37. The highest BCUT2D eigenvalue weighted by Crippen LogP contribution is 2.39. The summed E-state index contributed by atoms with van der Waals surface area (Å²) in [7, 11) is 3.09. The van der Waals surface area contributed by atoms with Gasteiger partial charge in [-0.15, -0.1) is 0 Å². The lowest BCUT2D eigenvalue weighted by Gasteiger charge is -2.16. The number of hydrogen-bond acceptors (Lipinski definition) is 9. The Bertz CT molecular complexity index is 1600. The predicted octanol–water partition coefficient (Wildman–Crippen LogP) is 5.11. The van der Waals surface area contributed by atoms with Gasteiger partial charge in [-0.25, -0.2) is 9.97 Å². The average molecular weight is 574 g/mol. The van der Waals surface area contributed by atoms with Crippen molar-refractivity contribution in [1.29, 1.82) is 0 Å². The number of nitrogens with one attached hydrogen (secondary N) is 2. The molecule has 0 unspecified atom stereocenters. The van der Waals surface area contributed by atoms with Gasteiger partial charge >= 0.3 is 6.61 Å². The number of alkyl halides is 2. The van der Waals surface area contributed by atoms with Crippen LogP contribution in [0.15, 0.2) is 48.8 Å². The topological polar surface area (TPSA) is 127 Å². The van der Waals surface area contributed by atoms with E-state index in [4.69, 9.17) is 0 Å². The average Bonchev–Trinajstić information content (AvgIpc) is 3.20. The van der Waals surface area contributed by atoms with E-state index in [9.17, 15) is 23.5 Å². The number of hydrogen-bond donors (Lipinski definition) is 2. The fraction of sp³-hybridized carbons (Fsp3) is 0.308. The molecule has 0 atom stereocenters. The number of nitro groups is 1. The second-order valence-corrected chi connectivity index (χ2v) is 13.0. The van der Waals surface area contributed by atoms with Gasteiger partial charge in [-0.05, 0) is 39.6 Å². The molecule has 4 aromatic rings. The Balaban J connectivity index is 1.72. The van der Waals surface area contributed by atoms with Gasteiger partial charge in [0.2, 0.25) is 5.95 Å². The first-order valence-corrected chi connectivity index (χ1v) is 14.8. The van der Waals surface area contributed by atoms with Crippen LogP contribution in [-0.2, 0) is 11.6 Å². The molecule has 2 aromatic carbocycles. The summed E-state index contributed by atoms with van der Waals surface area (Å²) in [5.74, 6) is -0.275. The number of rotatable bonds is 11. The van der Waals surface area contributed by atoms with Crippen molar-refractivity contribution in [3.8, 4) is 17.0 Å². The second-order valence-electron chi connectivity index (χ2n) is 9.83. The van der Waals surface area contributed by atoms with E-state index in [1.54, 1.807) is 19.4 Å². The van der Waals surface area contributed by atoms with Gasteiger partial charge in [-0.2, -0.15) is 8.78 Å². The normalized spacial score (nSPS) is 11.8. The van der Waals surface area contributed by atoms with Crippen LogP contribution in [0.5, 0.6) is 5.75 Å². The van der Waals surface area contributed by atoms with Crippen LogP contribution in [-0.4, -0.2) is 71.5 Å². The van der Waals surface area contributed by atoms with Crippen molar-refractivity contribution in [2.24, 2.45) is 7.05 Å². The van der Waals surface area contributed by atoms with Gasteiger partial charge in [0, 0.05) is 66.4 Å². The maximum Gasteiger partial charge on any atom is 0.387 e. The molecule has 0 aliphatic heterocycles. The minimum Gasteiger partial charge on any atom is -0.433 e. The first-order chi connectivity index (χ1) is 18.8. The summed E-state index contributed by atoms with van der Waals surface area (Å²) >= 11 is 0. The maximum atomic E-state index is 13.3. The molecule has 4 rings (SSSR count). The number of nitro benzene ring substituents is 1. The number of ether oxygens (including phenoxy) is 1. The molecule has 2 N–H and O–H groups in total. The SMILES string of the molecule is CN(C)CCNc1cc(OC(F)F)c(Nc2nccc(-c3cn(C)c4cc(P(C)(C)=O)ccc34)n2)cc1[N+](=O)[O-]. The second kappa shape index (κ2) is 11.6. The fourth-order valence-corrected chi connectivity index (χ4v) is 5.03. The van der Waals surface area contributed by atoms with Crippen molar-refractivity contribution in [2.45, 2.75) is 6.61 Å². The molecule has 0 aliphatic carbocycles. The number of nitrogens with zero attached hydrogens (tertiary/aromatic N) is 5. The molecular formula is C26H30F2N7O4P. The van der Waals surface area contributed by atoms with E-state index in [0.29, 0.717) is 18.8 Å². The molecule has 212 valence electrons. The number of benzene rings is 2. The molecule has 0 fully saturated rings. The van der Waals surface area contributed by atoms with Crippen molar-refractivity contribution in [3.63, 3.8) is 0 Å². The molecule has 0 spiro atoms. The van der Waals surface area contributed by atoms with Gasteiger partial charge < -0.3 is 29.4 Å². The van der Waals surface area contributed by atoms with Crippen LogP contribution < -0.4 is 20.7 Å². The van der Waals surface area contributed by atoms with E-state index in [0.717, 1.165) is 33.9 Å². The van der Waals surface area contributed by atoms with Gasteiger partial charge in [0.05, 0.1) is 16.3 Å². The third-order valence-corrected chi connectivity index (χ3v) is 7.68. The lowest BCUT2D eigenvalue weighted by molar-refractivity contribution is -0.383. The highest BCUT2D eigenvalue weighted by Gasteiger charge is 2.22. The molecule has 2 aromatic heterocycles. The summed E-state index contributed by atoms with van der Waals surface area (Å²) < 4.78 is 45.7. The van der Waals surface area contributed by atoms with Crippen LogP contribution in [0.25, 0.3) is 22.2 Å². The lowest BCUT2D eigenvalue weighted by atomic mass is 10.1. The van der Waals surface area contributed by atoms with Crippen molar-refractivity contribution < 1.29 is 23.0 Å². The summed E-state index contributed by atoms with van der Waals surface area (Å²) in [6, 6.07) is 9.56. The van der Waals surface area contributed by atoms with E-state index in [1.165, 1.54) is 6.20 Å². The minimum atomic E-state index is -3.16. The molecule has 0 aliphatic rings. The standard InChI is InChI=1S/C26H30F2N7O4P/c1-33(2)11-10-29-20-14-24(39-25(27)28)21(13-23(20)35(36)37)32-26-30-9-8-19(31-26)18-15-34(3)22-12-16(40(4,5)38)6-7-17(18)22/h6-9,12-15,25,29H,10-11H2,1-5H3,(H,30,31,32). The van der Waals surface area contributed by atoms with Crippen LogP contribution in [0, 0.1) is 10.1 Å². The van der Waals surface area contributed by atoms with E-state index >= 15 is 0 Å². The van der Waals surface area contributed by atoms with Crippen LogP contribution >= 0.6 is 7.14 Å². The third-order valence-electron chi connectivity index (χ3n) is 6.16. The quantitative estimate of drug-likeness (QED) is 0.143. The molecule has 0 saturated heterocycles. The zero-order valence-electron chi connectivity index (χ0n) is 22.7. The van der Waals surface area contributed by atoms with E-state index in [2.05, 4.69) is 25.3 Å². The predicted molar refractivity (Wildman–Crippen MR) is 153 cm³/mol. The third kappa shape index (κ3) is 6.54. The fourth-order valence-electron chi connectivity index (χ4n) is 4.17. The number of aromatic nitrogens is 3. The van der Waals surface area contributed by atoms with E-state index in [-0.39, 0.29) is 28.8 Å². The Morgan fingerprint density at radius 2 is 1.93 bits per heavy atom. The van der Waals surface area contributed by atoms with Gasteiger partial charge in [-0.1, -0.05) is 12.1 Å². The smallest absolute Gasteiger partial charge is 0.387 e. The molecule has 11 nitrogen and oxygen atoms in total. The Hall–Kier alpha value is -4.09. The summed E-state index contributed by atoms with van der Waals surface area (Å²) in [5.41, 5.74) is 1.79. The van der Waals surface area contributed by atoms with Crippen molar-refractivity contribution >= 4 is 46.4 Å². The van der Waals surface area contributed by atoms with Gasteiger partial charge in [0.15, 0.2) is 5.75 Å². The van der Waals surface area contributed by atoms with E-state index < -0.39 is 18.7 Å². The maximum absolute atomic E-state index is 13.3. The Morgan fingerprint density at radius 1 is 1.18 bits per heavy atom. The Labute approximate surface area is 229 Å². The van der Waals surface area contributed by atoms with Crippen molar-refractivity contribution in [1.82, 2.24) is 19.4 Å². The Morgan fingerprint density at radius 3 is 2.58 bits per heavy atom. The number of halogens is 2. The molecule has 40 heavy (non-hydrogen) atoms.